The van der Waals surface area contributed by atoms with Crippen LogP contribution in [0.2, 0.25) is 0 Å². The molecule has 0 aromatic heterocycles. The van der Waals surface area contributed by atoms with Gasteiger partial charge in [-0.15, -0.1) is 0 Å². The van der Waals surface area contributed by atoms with E-state index in [0.717, 1.165) is 0 Å². The SMILES string of the molecule is COc1ccc(Br)c(F)c1CCO. The first-order valence-corrected chi connectivity index (χ1v) is 4.61. The van der Waals surface area contributed by atoms with E-state index in [9.17, 15) is 4.39 Å². The second-order valence-corrected chi connectivity index (χ2v) is 3.37. The van der Waals surface area contributed by atoms with Crippen LogP contribution in [0.25, 0.3) is 0 Å². The fourth-order valence-corrected chi connectivity index (χ4v) is 1.48. The van der Waals surface area contributed by atoms with E-state index in [1.165, 1.54) is 7.11 Å². The van der Waals surface area contributed by atoms with Crippen molar-refractivity contribution >= 4 is 15.9 Å². The van der Waals surface area contributed by atoms with Crippen LogP contribution in [-0.2, 0) is 6.42 Å². The van der Waals surface area contributed by atoms with Gasteiger partial charge in [0.15, 0.2) is 0 Å². The van der Waals surface area contributed by atoms with Gasteiger partial charge >= 0.3 is 0 Å². The molecule has 2 nitrogen and oxygen atoms in total. The summed E-state index contributed by atoms with van der Waals surface area (Å²) in [5.41, 5.74) is 0.402. The fraction of sp³-hybridized carbons (Fsp3) is 0.333. The third-order valence-electron chi connectivity index (χ3n) is 1.73. The van der Waals surface area contributed by atoms with E-state index in [4.69, 9.17) is 9.84 Å². The number of aliphatic hydroxyl groups excluding tert-OH is 1. The summed E-state index contributed by atoms with van der Waals surface area (Å²) in [6.45, 7) is -0.0935. The molecule has 0 saturated carbocycles. The maximum atomic E-state index is 13.4. The predicted molar refractivity (Wildman–Crippen MR) is 51.4 cm³/mol. The van der Waals surface area contributed by atoms with Crippen molar-refractivity contribution in [1.82, 2.24) is 0 Å². The number of methoxy groups -OCH3 is 1. The molecular formula is C9H10BrFO2. The van der Waals surface area contributed by atoms with Gasteiger partial charge < -0.3 is 9.84 Å². The van der Waals surface area contributed by atoms with Crippen molar-refractivity contribution in [2.24, 2.45) is 0 Å². The highest BCUT2D eigenvalue weighted by Crippen LogP contribution is 2.27. The van der Waals surface area contributed by atoms with E-state index >= 15 is 0 Å². The van der Waals surface area contributed by atoms with Crippen LogP contribution in [0, 0.1) is 5.82 Å². The summed E-state index contributed by atoms with van der Waals surface area (Å²) in [6.07, 6.45) is 0.258. The Kier molecular flexibility index (Phi) is 3.69. The lowest BCUT2D eigenvalue weighted by atomic mass is 10.1. The van der Waals surface area contributed by atoms with Crippen molar-refractivity contribution < 1.29 is 14.2 Å². The van der Waals surface area contributed by atoms with Crippen LogP contribution in [0.15, 0.2) is 16.6 Å². The first kappa shape index (κ1) is 10.5. The van der Waals surface area contributed by atoms with Gasteiger partial charge in [-0.1, -0.05) is 0 Å². The van der Waals surface area contributed by atoms with Crippen molar-refractivity contribution in [3.63, 3.8) is 0 Å². The van der Waals surface area contributed by atoms with Crippen molar-refractivity contribution in [3.05, 3.63) is 28.0 Å². The molecule has 0 aliphatic carbocycles. The Hall–Kier alpha value is -0.610. The van der Waals surface area contributed by atoms with Crippen LogP contribution < -0.4 is 4.74 Å². The molecule has 0 atom stereocenters. The Morgan fingerprint density at radius 1 is 1.54 bits per heavy atom. The Morgan fingerprint density at radius 3 is 2.77 bits per heavy atom. The third kappa shape index (κ3) is 2.19. The summed E-state index contributed by atoms with van der Waals surface area (Å²) in [5.74, 6) is 0.100. The molecule has 0 heterocycles. The molecule has 0 spiro atoms. The fourth-order valence-electron chi connectivity index (χ4n) is 1.11. The number of benzene rings is 1. The number of halogens is 2. The van der Waals surface area contributed by atoms with Gasteiger partial charge in [-0.25, -0.2) is 4.39 Å². The van der Waals surface area contributed by atoms with E-state index in [2.05, 4.69) is 15.9 Å². The monoisotopic (exact) mass is 248 g/mol. The number of rotatable bonds is 3. The second kappa shape index (κ2) is 4.58. The highest BCUT2D eigenvalue weighted by molar-refractivity contribution is 9.10. The lowest BCUT2D eigenvalue weighted by Crippen LogP contribution is -1.99. The minimum Gasteiger partial charge on any atom is -0.496 e. The first-order valence-electron chi connectivity index (χ1n) is 3.82. The summed E-state index contributed by atoms with van der Waals surface area (Å²) in [7, 11) is 1.48. The summed E-state index contributed by atoms with van der Waals surface area (Å²) in [6, 6.07) is 3.24. The number of aliphatic hydroxyl groups is 1. The average molecular weight is 249 g/mol. The molecule has 0 fully saturated rings. The van der Waals surface area contributed by atoms with E-state index < -0.39 is 0 Å². The van der Waals surface area contributed by atoms with Crippen molar-refractivity contribution in [1.29, 1.82) is 0 Å². The summed E-state index contributed by atoms with van der Waals surface area (Å²) in [4.78, 5) is 0. The zero-order valence-corrected chi connectivity index (χ0v) is 8.77. The Balaban J connectivity index is 3.15. The smallest absolute Gasteiger partial charge is 0.144 e. The minimum atomic E-state index is -0.367. The predicted octanol–water partition coefficient (Wildman–Crippen LogP) is 2.13. The maximum Gasteiger partial charge on any atom is 0.144 e. The van der Waals surface area contributed by atoms with Gasteiger partial charge in [0.05, 0.1) is 11.6 Å². The highest BCUT2D eigenvalue weighted by atomic mass is 79.9. The molecule has 72 valence electrons. The second-order valence-electron chi connectivity index (χ2n) is 2.52. The zero-order valence-electron chi connectivity index (χ0n) is 7.18. The molecule has 1 aromatic carbocycles. The average Bonchev–Trinajstić information content (AvgIpc) is 2.14. The van der Waals surface area contributed by atoms with E-state index in [0.29, 0.717) is 15.8 Å². The largest absolute Gasteiger partial charge is 0.496 e. The van der Waals surface area contributed by atoms with Gasteiger partial charge in [0.2, 0.25) is 0 Å². The molecule has 1 rings (SSSR count). The van der Waals surface area contributed by atoms with Crippen LogP contribution in [0.3, 0.4) is 0 Å². The normalized spacial score (nSPS) is 10.2. The molecule has 0 aliphatic rings. The van der Waals surface area contributed by atoms with Gasteiger partial charge in [-0.2, -0.15) is 0 Å². The van der Waals surface area contributed by atoms with Crippen LogP contribution in [0.4, 0.5) is 4.39 Å². The van der Waals surface area contributed by atoms with Crippen LogP contribution in [0.1, 0.15) is 5.56 Å². The number of hydrogen-bond donors (Lipinski definition) is 1. The van der Waals surface area contributed by atoms with Gasteiger partial charge in [-0.3, -0.25) is 0 Å². The molecule has 0 unspecified atom stereocenters. The Morgan fingerprint density at radius 2 is 2.23 bits per heavy atom. The van der Waals surface area contributed by atoms with Gasteiger partial charge in [0.1, 0.15) is 11.6 Å². The standard InChI is InChI=1S/C9H10BrFO2/c1-13-8-3-2-7(10)9(11)6(8)4-5-12/h2-3,12H,4-5H2,1H3. The van der Waals surface area contributed by atoms with E-state index in [1.54, 1.807) is 12.1 Å². The third-order valence-corrected chi connectivity index (χ3v) is 2.35. The molecule has 4 heteroatoms. The molecule has 1 aromatic rings. The first-order chi connectivity index (χ1) is 6.20. The molecule has 1 N–H and O–H groups in total. The highest BCUT2D eigenvalue weighted by Gasteiger charge is 2.11. The van der Waals surface area contributed by atoms with Crippen molar-refractivity contribution in [3.8, 4) is 5.75 Å². The van der Waals surface area contributed by atoms with Gasteiger partial charge in [0.25, 0.3) is 0 Å². The zero-order chi connectivity index (χ0) is 9.84. The van der Waals surface area contributed by atoms with E-state index in [-0.39, 0.29) is 18.8 Å². The topological polar surface area (TPSA) is 29.5 Å². The van der Waals surface area contributed by atoms with E-state index in [1.807, 2.05) is 0 Å². The molecule has 0 bridgehead atoms. The number of ether oxygens (including phenoxy) is 1. The quantitative estimate of drug-likeness (QED) is 0.889. The van der Waals surface area contributed by atoms with Gasteiger partial charge in [0, 0.05) is 18.6 Å². The van der Waals surface area contributed by atoms with Crippen LogP contribution in [0.5, 0.6) is 5.75 Å². The molecule has 0 radical (unpaired) electrons. The number of hydrogen-bond acceptors (Lipinski definition) is 2. The van der Waals surface area contributed by atoms with Crippen molar-refractivity contribution in [2.75, 3.05) is 13.7 Å². The van der Waals surface area contributed by atoms with Crippen LogP contribution >= 0.6 is 15.9 Å². The molecular weight excluding hydrogens is 239 g/mol. The summed E-state index contributed by atoms with van der Waals surface area (Å²) < 4.78 is 18.7. The maximum absolute atomic E-state index is 13.4. The molecule has 0 aliphatic heterocycles. The Labute approximate surface area is 84.5 Å². The van der Waals surface area contributed by atoms with Crippen molar-refractivity contribution in [2.45, 2.75) is 6.42 Å². The summed E-state index contributed by atoms with van der Waals surface area (Å²) >= 11 is 3.07. The molecule has 0 saturated heterocycles. The molecule has 13 heavy (non-hydrogen) atoms. The lowest BCUT2D eigenvalue weighted by Gasteiger charge is -2.09. The molecule has 0 amide bonds. The lowest BCUT2D eigenvalue weighted by molar-refractivity contribution is 0.294. The minimum absolute atomic E-state index is 0.0935. The van der Waals surface area contributed by atoms with Gasteiger partial charge in [-0.05, 0) is 28.1 Å². The summed E-state index contributed by atoms with van der Waals surface area (Å²) in [5, 5.41) is 8.72. The Bertz CT molecular complexity index is 302. The van der Waals surface area contributed by atoms with Crippen LogP contribution in [-0.4, -0.2) is 18.8 Å².